The fraction of sp³-hybridized carbons (Fsp3) is 0.647. The molecule has 2 heterocycles. The molecular weight excluding hydrogens is 296 g/mol. The molecule has 1 unspecified atom stereocenters. The van der Waals surface area contributed by atoms with Crippen LogP contribution in [-0.4, -0.2) is 40.3 Å². The van der Waals surface area contributed by atoms with Gasteiger partial charge in [-0.05, 0) is 31.7 Å². The van der Waals surface area contributed by atoms with Crippen LogP contribution in [0.2, 0.25) is 0 Å². The maximum atomic E-state index is 11.1. The number of rotatable bonds is 3. The van der Waals surface area contributed by atoms with Gasteiger partial charge in [0.05, 0.1) is 13.1 Å². The van der Waals surface area contributed by atoms with Crippen molar-refractivity contribution < 1.29 is 19.4 Å². The van der Waals surface area contributed by atoms with E-state index in [1.165, 1.54) is 37.0 Å². The average molecular weight is 320 g/mol. The Bertz CT molecular complexity index is 558. The molecule has 1 aliphatic carbocycles. The van der Waals surface area contributed by atoms with Crippen molar-refractivity contribution >= 4 is 6.09 Å². The highest BCUT2D eigenvalue weighted by molar-refractivity contribution is 5.65. The first kappa shape index (κ1) is 15.9. The van der Waals surface area contributed by atoms with Gasteiger partial charge in [0.1, 0.15) is 12.7 Å². The van der Waals surface area contributed by atoms with Crippen LogP contribution in [0, 0.1) is 5.92 Å². The summed E-state index contributed by atoms with van der Waals surface area (Å²) in [6, 6.07) is 3.67. The van der Waals surface area contributed by atoms with Gasteiger partial charge in [-0.1, -0.05) is 19.3 Å². The number of carbonyl (C=O) groups is 1. The van der Waals surface area contributed by atoms with Gasteiger partial charge in [-0.25, -0.2) is 4.79 Å². The molecule has 6 heteroatoms. The molecule has 126 valence electrons. The first-order valence-electron chi connectivity index (χ1n) is 8.41. The topological polar surface area (TPSA) is 71.9 Å². The van der Waals surface area contributed by atoms with Gasteiger partial charge in [0.15, 0.2) is 0 Å². The van der Waals surface area contributed by atoms with E-state index < -0.39 is 6.09 Å². The highest BCUT2D eigenvalue weighted by Gasteiger charge is 2.24. The Morgan fingerprint density at radius 3 is 2.91 bits per heavy atom. The molecular formula is C17H24N2O4. The Hall–Kier alpha value is -1.98. The molecule has 1 aliphatic heterocycles. The summed E-state index contributed by atoms with van der Waals surface area (Å²) in [7, 11) is 0. The number of pyridine rings is 1. The zero-order valence-electron chi connectivity index (χ0n) is 13.5. The van der Waals surface area contributed by atoms with E-state index in [2.05, 4.69) is 11.9 Å². The summed E-state index contributed by atoms with van der Waals surface area (Å²) in [4.78, 5) is 16.9. The Kier molecular flexibility index (Phi) is 4.88. The van der Waals surface area contributed by atoms with Crippen LogP contribution in [0.4, 0.5) is 4.79 Å². The molecule has 0 bridgehead atoms. The summed E-state index contributed by atoms with van der Waals surface area (Å²) in [5.74, 6) is 1.64. The smallest absolute Gasteiger partial charge is 0.407 e. The summed E-state index contributed by atoms with van der Waals surface area (Å²) >= 11 is 0. The highest BCUT2D eigenvalue weighted by Crippen LogP contribution is 2.30. The Morgan fingerprint density at radius 2 is 2.17 bits per heavy atom. The van der Waals surface area contributed by atoms with Crippen molar-refractivity contribution in [3.63, 3.8) is 0 Å². The van der Waals surface area contributed by atoms with Crippen LogP contribution in [0.1, 0.15) is 44.6 Å². The highest BCUT2D eigenvalue weighted by atomic mass is 16.5. The van der Waals surface area contributed by atoms with E-state index in [9.17, 15) is 4.79 Å². The lowest BCUT2D eigenvalue weighted by atomic mass is 9.86. The van der Waals surface area contributed by atoms with Gasteiger partial charge in [0, 0.05) is 11.6 Å². The molecule has 0 radical (unpaired) electrons. The van der Waals surface area contributed by atoms with Crippen LogP contribution < -0.4 is 9.47 Å². The zero-order chi connectivity index (χ0) is 16.2. The van der Waals surface area contributed by atoms with Crippen LogP contribution in [0.3, 0.4) is 0 Å². The normalized spacial score (nSPS) is 20.1. The predicted molar refractivity (Wildman–Crippen MR) is 84.8 cm³/mol. The minimum atomic E-state index is -0.937. The first-order valence-corrected chi connectivity index (χ1v) is 8.41. The van der Waals surface area contributed by atoms with Gasteiger partial charge in [-0.3, -0.25) is 0 Å². The first-order chi connectivity index (χ1) is 11.1. The number of nitrogens with zero attached hydrogens (tertiary/aromatic N) is 2. The third kappa shape index (κ3) is 3.86. The average Bonchev–Trinajstić information content (AvgIpc) is 2.77. The Balaban J connectivity index is 1.68. The molecule has 3 rings (SSSR count). The van der Waals surface area contributed by atoms with Crippen molar-refractivity contribution in [2.45, 2.75) is 51.7 Å². The maximum Gasteiger partial charge on any atom is 0.407 e. The Labute approximate surface area is 136 Å². The van der Waals surface area contributed by atoms with Gasteiger partial charge in [0.2, 0.25) is 11.8 Å². The van der Waals surface area contributed by atoms with Gasteiger partial charge < -0.3 is 19.5 Å². The quantitative estimate of drug-likeness (QED) is 0.925. The van der Waals surface area contributed by atoms with E-state index in [0.29, 0.717) is 37.4 Å². The fourth-order valence-electron chi connectivity index (χ4n) is 3.35. The second-order valence-electron chi connectivity index (χ2n) is 6.39. The molecule has 0 aromatic carbocycles. The summed E-state index contributed by atoms with van der Waals surface area (Å²) in [5, 5.41) is 9.13. The minimum Gasteiger partial charge on any atom is -0.475 e. The SMILES string of the molecule is CC(Oc1ccc2c(n1)OCCN(C(=O)O)C2)C1CCCCC1. The molecule has 1 aromatic heterocycles. The summed E-state index contributed by atoms with van der Waals surface area (Å²) in [5.41, 5.74) is 0.780. The number of hydrogen-bond donors (Lipinski definition) is 1. The van der Waals surface area contributed by atoms with E-state index in [4.69, 9.17) is 14.6 Å². The molecule has 2 aliphatic rings. The number of hydrogen-bond acceptors (Lipinski definition) is 4. The molecule has 0 spiro atoms. The van der Waals surface area contributed by atoms with Crippen LogP contribution in [0.25, 0.3) is 0 Å². The van der Waals surface area contributed by atoms with Crippen LogP contribution in [-0.2, 0) is 6.54 Å². The molecule has 1 fully saturated rings. The van der Waals surface area contributed by atoms with Crippen LogP contribution in [0.5, 0.6) is 11.8 Å². The molecule has 1 N–H and O–H groups in total. The van der Waals surface area contributed by atoms with Gasteiger partial charge in [-0.15, -0.1) is 0 Å². The van der Waals surface area contributed by atoms with E-state index in [1.54, 1.807) is 0 Å². The lowest BCUT2D eigenvalue weighted by Gasteiger charge is -2.27. The molecule has 1 saturated carbocycles. The third-order valence-corrected chi connectivity index (χ3v) is 4.77. The predicted octanol–water partition coefficient (Wildman–Crippen LogP) is 3.30. The standard InChI is InChI=1S/C17H24N2O4/c1-12(13-5-3-2-4-6-13)23-15-8-7-14-11-19(17(20)21)9-10-22-16(14)18-15/h7-8,12-13H,2-6,9-11H2,1H3,(H,20,21). The van der Waals surface area contributed by atoms with Gasteiger partial charge in [0.25, 0.3) is 0 Å². The van der Waals surface area contributed by atoms with E-state index in [0.717, 1.165) is 5.56 Å². The maximum absolute atomic E-state index is 11.1. The molecule has 1 amide bonds. The van der Waals surface area contributed by atoms with E-state index in [-0.39, 0.29) is 6.10 Å². The van der Waals surface area contributed by atoms with Crippen molar-refractivity contribution in [2.75, 3.05) is 13.2 Å². The van der Waals surface area contributed by atoms with Crippen molar-refractivity contribution in [1.29, 1.82) is 0 Å². The largest absolute Gasteiger partial charge is 0.475 e. The van der Waals surface area contributed by atoms with Crippen LogP contribution in [0.15, 0.2) is 12.1 Å². The molecule has 6 nitrogen and oxygen atoms in total. The monoisotopic (exact) mass is 320 g/mol. The summed E-state index contributed by atoms with van der Waals surface area (Å²) < 4.78 is 11.6. The van der Waals surface area contributed by atoms with Crippen molar-refractivity contribution in [1.82, 2.24) is 9.88 Å². The van der Waals surface area contributed by atoms with Crippen molar-refractivity contribution in [3.05, 3.63) is 17.7 Å². The Morgan fingerprint density at radius 1 is 1.39 bits per heavy atom. The molecule has 23 heavy (non-hydrogen) atoms. The number of aromatic nitrogens is 1. The number of ether oxygens (including phenoxy) is 2. The number of fused-ring (bicyclic) bond motifs is 1. The number of amides is 1. The fourth-order valence-corrected chi connectivity index (χ4v) is 3.35. The van der Waals surface area contributed by atoms with E-state index in [1.807, 2.05) is 12.1 Å². The third-order valence-electron chi connectivity index (χ3n) is 4.77. The lowest BCUT2D eigenvalue weighted by Crippen LogP contribution is -2.30. The molecule has 1 atom stereocenters. The summed E-state index contributed by atoms with van der Waals surface area (Å²) in [6.45, 7) is 3.07. The van der Waals surface area contributed by atoms with E-state index >= 15 is 0 Å². The minimum absolute atomic E-state index is 0.141. The van der Waals surface area contributed by atoms with Gasteiger partial charge >= 0.3 is 6.09 Å². The van der Waals surface area contributed by atoms with Crippen molar-refractivity contribution in [2.24, 2.45) is 5.92 Å². The number of carboxylic acid groups (broad SMARTS) is 1. The molecule has 1 aromatic rings. The molecule has 0 saturated heterocycles. The van der Waals surface area contributed by atoms with Gasteiger partial charge in [-0.2, -0.15) is 4.98 Å². The van der Waals surface area contributed by atoms with Crippen LogP contribution >= 0.6 is 0 Å². The summed E-state index contributed by atoms with van der Waals surface area (Å²) in [6.07, 6.45) is 5.53. The lowest BCUT2D eigenvalue weighted by molar-refractivity contribution is 0.117. The van der Waals surface area contributed by atoms with Crippen molar-refractivity contribution in [3.8, 4) is 11.8 Å². The zero-order valence-corrected chi connectivity index (χ0v) is 13.5. The second kappa shape index (κ2) is 7.06. The second-order valence-corrected chi connectivity index (χ2v) is 6.39.